The highest BCUT2D eigenvalue weighted by molar-refractivity contribution is 5.95. The second-order valence-electron chi connectivity index (χ2n) is 7.15. The topological polar surface area (TPSA) is 65.1 Å². The van der Waals surface area contributed by atoms with E-state index >= 15 is 0 Å². The molecule has 6 nitrogen and oxygen atoms in total. The normalized spacial score (nSPS) is 20.9. The van der Waals surface area contributed by atoms with Gasteiger partial charge in [-0.15, -0.1) is 0 Å². The fraction of sp³-hybridized carbons (Fsp3) is 0.526. The molecule has 132 valence electrons. The Hall–Kier alpha value is -2.37. The quantitative estimate of drug-likeness (QED) is 0.934. The van der Waals surface area contributed by atoms with Gasteiger partial charge >= 0.3 is 0 Å². The summed E-state index contributed by atoms with van der Waals surface area (Å²) in [5.41, 5.74) is 3.10. The predicted octanol–water partition coefficient (Wildman–Crippen LogP) is 2.73. The van der Waals surface area contributed by atoms with Crippen LogP contribution in [0.25, 0.3) is 0 Å². The number of aromatic nitrogens is 3. The molecule has 2 aliphatic heterocycles. The predicted molar refractivity (Wildman–Crippen MR) is 96.9 cm³/mol. The first kappa shape index (κ1) is 16.1. The van der Waals surface area contributed by atoms with Gasteiger partial charge in [0.25, 0.3) is 5.91 Å². The third kappa shape index (κ3) is 3.25. The molecule has 2 aromatic heterocycles. The van der Waals surface area contributed by atoms with Crippen LogP contribution in [-0.4, -0.2) is 52.2 Å². The maximum Gasteiger partial charge on any atom is 0.254 e. The number of likely N-dealkylation sites (tertiary alicyclic amines) is 1. The molecular weight excluding hydrogens is 314 g/mol. The molecule has 0 radical (unpaired) electrons. The summed E-state index contributed by atoms with van der Waals surface area (Å²) in [5.74, 6) is 1.39. The maximum absolute atomic E-state index is 13.0. The summed E-state index contributed by atoms with van der Waals surface area (Å²) in [7, 11) is 0. The molecule has 2 saturated heterocycles. The van der Waals surface area contributed by atoms with Crippen molar-refractivity contribution in [3.63, 3.8) is 0 Å². The molecule has 4 heterocycles. The molecule has 2 aromatic rings. The number of nitrogens with zero attached hydrogens (tertiary/aromatic N) is 4. The van der Waals surface area contributed by atoms with E-state index in [0.717, 1.165) is 50.4 Å². The number of carbonyl (C=O) groups excluding carboxylic acids is 1. The summed E-state index contributed by atoms with van der Waals surface area (Å²) in [6.45, 7) is 5.73. The van der Waals surface area contributed by atoms with Gasteiger partial charge in [-0.2, -0.15) is 5.10 Å². The number of aromatic amines is 1. The number of hydrogen-bond acceptors (Lipinski definition) is 4. The molecule has 0 unspecified atom stereocenters. The highest BCUT2D eigenvalue weighted by Crippen LogP contribution is 2.28. The van der Waals surface area contributed by atoms with E-state index in [1.165, 1.54) is 24.1 Å². The zero-order chi connectivity index (χ0) is 17.2. The van der Waals surface area contributed by atoms with Crippen molar-refractivity contribution in [3.05, 3.63) is 41.3 Å². The van der Waals surface area contributed by atoms with Crippen molar-refractivity contribution >= 4 is 11.7 Å². The van der Waals surface area contributed by atoms with E-state index in [4.69, 9.17) is 0 Å². The van der Waals surface area contributed by atoms with Crippen LogP contribution in [0.1, 0.15) is 53.2 Å². The van der Waals surface area contributed by atoms with Gasteiger partial charge in [-0.1, -0.05) is 0 Å². The lowest BCUT2D eigenvalue weighted by molar-refractivity contribution is 0.0705. The highest BCUT2D eigenvalue weighted by atomic mass is 16.2. The van der Waals surface area contributed by atoms with Crippen molar-refractivity contribution in [2.24, 2.45) is 0 Å². The Morgan fingerprint density at radius 2 is 2.08 bits per heavy atom. The minimum atomic E-state index is 0.115. The van der Waals surface area contributed by atoms with Crippen LogP contribution in [0.15, 0.2) is 24.5 Å². The number of anilines is 1. The van der Waals surface area contributed by atoms with Crippen LogP contribution < -0.4 is 4.90 Å². The fourth-order valence-corrected chi connectivity index (χ4v) is 4.02. The van der Waals surface area contributed by atoms with E-state index in [-0.39, 0.29) is 5.91 Å². The Morgan fingerprint density at radius 3 is 2.84 bits per heavy atom. The lowest BCUT2D eigenvalue weighted by atomic mass is 9.92. The van der Waals surface area contributed by atoms with Crippen molar-refractivity contribution in [1.29, 1.82) is 0 Å². The first-order valence-electron chi connectivity index (χ1n) is 9.22. The number of nitrogens with one attached hydrogen (secondary N) is 1. The zero-order valence-electron chi connectivity index (χ0n) is 14.7. The average Bonchev–Trinajstić information content (AvgIpc) is 3.33. The monoisotopic (exact) mass is 339 g/mol. The number of piperidine rings is 1. The number of H-pyrrole nitrogens is 1. The van der Waals surface area contributed by atoms with Crippen LogP contribution in [0.4, 0.5) is 5.82 Å². The van der Waals surface area contributed by atoms with E-state index in [9.17, 15) is 4.79 Å². The van der Waals surface area contributed by atoms with Gasteiger partial charge in [-0.3, -0.25) is 9.89 Å². The van der Waals surface area contributed by atoms with E-state index in [2.05, 4.69) is 27.0 Å². The number of hydrogen-bond donors (Lipinski definition) is 1. The molecular formula is C19H25N5O. The van der Waals surface area contributed by atoms with Gasteiger partial charge in [0, 0.05) is 49.6 Å². The molecule has 2 fully saturated rings. The highest BCUT2D eigenvalue weighted by Gasteiger charge is 2.27. The van der Waals surface area contributed by atoms with Crippen molar-refractivity contribution in [2.45, 2.75) is 38.5 Å². The van der Waals surface area contributed by atoms with Crippen molar-refractivity contribution in [2.75, 3.05) is 31.1 Å². The van der Waals surface area contributed by atoms with E-state index < -0.39 is 0 Å². The molecule has 0 spiro atoms. The van der Waals surface area contributed by atoms with Crippen molar-refractivity contribution in [3.8, 4) is 0 Å². The molecule has 2 aliphatic rings. The third-order valence-electron chi connectivity index (χ3n) is 5.41. The summed E-state index contributed by atoms with van der Waals surface area (Å²) in [6, 6.07) is 3.80. The Balaban J connectivity index is 1.50. The SMILES string of the molecule is Cc1cn[nH]c1[C@H]1CCCN(C(=O)c2ccnc(N3CCCC3)c2)C1. The fourth-order valence-electron chi connectivity index (χ4n) is 4.02. The summed E-state index contributed by atoms with van der Waals surface area (Å²) in [5, 5.41) is 7.25. The van der Waals surface area contributed by atoms with Gasteiger partial charge in [-0.05, 0) is 50.3 Å². The molecule has 1 N–H and O–H groups in total. The number of pyridine rings is 1. The molecule has 0 bridgehead atoms. The van der Waals surface area contributed by atoms with Crippen LogP contribution in [0.5, 0.6) is 0 Å². The van der Waals surface area contributed by atoms with Crippen LogP contribution >= 0.6 is 0 Å². The largest absolute Gasteiger partial charge is 0.357 e. The number of aryl methyl sites for hydroxylation is 1. The number of carbonyl (C=O) groups is 1. The minimum absolute atomic E-state index is 0.115. The van der Waals surface area contributed by atoms with Crippen LogP contribution in [0.3, 0.4) is 0 Å². The van der Waals surface area contributed by atoms with Gasteiger partial charge in [0.2, 0.25) is 0 Å². The first-order valence-corrected chi connectivity index (χ1v) is 9.22. The van der Waals surface area contributed by atoms with Gasteiger partial charge in [0.15, 0.2) is 0 Å². The number of rotatable bonds is 3. The Bertz CT molecular complexity index is 750. The lowest BCUT2D eigenvalue weighted by Crippen LogP contribution is -2.39. The maximum atomic E-state index is 13.0. The van der Waals surface area contributed by atoms with Gasteiger partial charge in [-0.25, -0.2) is 4.98 Å². The average molecular weight is 339 g/mol. The van der Waals surface area contributed by atoms with E-state index in [1.807, 2.05) is 23.2 Å². The van der Waals surface area contributed by atoms with E-state index in [1.54, 1.807) is 6.20 Å². The minimum Gasteiger partial charge on any atom is -0.357 e. The zero-order valence-corrected chi connectivity index (χ0v) is 14.7. The third-order valence-corrected chi connectivity index (χ3v) is 5.41. The summed E-state index contributed by atoms with van der Waals surface area (Å²) in [4.78, 5) is 21.7. The van der Waals surface area contributed by atoms with Crippen molar-refractivity contribution < 1.29 is 4.79 Å². The summed E-state index contributed by atoms with van der Waals surface area (Å²) >= 11 is 0. The Morgan fingerprint density at radius 1 is 1.24 bits per heavy atom. The second-order valence-corrected chi connectivity index (χ2v) is 7.15. The molecule has 1 amide bonds. The Kier molecular flexibility index (Phi) is 4.42. The van der Waals surface area contributed by atoms with Crippen LogP contribution in [-0.2, 0) is 0 Å². The Labute approximate surface area is 148 Å². The first-order chi connectivity index (χ1) is 12.2. The standard InChI is InChI=1S/C19H25N5O/c1-14-12-21-22-18(14)16-5-4-10-24(13-16)19(25)15-6-7-20-17(11-15)23-8-2-3-9-23/h6-7,11-12,16H,2-5,8-10,13H2,1H3,(H,21,22)/t16-/m0/s1. The molecule has 4 rings (SSSR count). The second kappa shape index (κ2) is 6.86. The van der Waals surface area contributed by atoms with Crippen LogP contribution in [0.2, 0.25) is 0 Å². The van der Waals surface area contributed by atoms with Gasteiger partial charge < -0.3 is 9.80 Å². The molecule has 0 aliphatic carbocycles. The lowest BCUT2D eigenvalue weighted by Gasteiger charge is -2.32. The molecule has 6 heteroatoms. The van der Waals surface area contributed by atoms with Gasteiger partial charge in [0.1, 0.15) is 5.82 Å². The van der Waals surface area contributed by atoms with Crippen molar-refractivity contribution in [1.82, 2.24) is 20.1 Å². The molecule has 25 heavy (non-hydrogen) atoms. The smallest absolute Gasteiger partial charge is 0.254 e. The molecule has 1 atom stereocenters. The van der Waals surface area contributed by atoms with Gasteiger partial charge in [0.05, 0.1) is 6.20 Å². The van der Waals surface area contributed by atoms with E-state index in [0.29, 0.717) is 5.92 Å². The molecule has 0 aromatic carbocycles. The van der Waals surface area contributed by atoms with Crippen LogP contribution in [0, 0.1) is 6.92 Å². The molecule has 0 saturated carbocycles. The number of amides is 1. The summed E-state index contributed by atoms with van der Waals surface area (Å²) < 4.78 is 0. The summed E-state index contributed by atoms with van der Waals surface area (Å²) in [6.07, 6.45) is 8.16.